The smallest absolute Gasteiger partial charge is 0.323 e. The monoisotopic (exact) mass is 270 g/mol. The van der Waals surface area contributed by atoms with E-state index in [1.165, 1.54) is 20.0 Å². The minimum absolute atomic E-state index is 0.0800. The maximum absolute atomic E-state index is 12.1. The Labute approximate surface area is 115 Å². The zero-order valence-corrected chi connectivity index (χ0v) is 12.3. The number of likely N-dealkylation sites (tertiary alicyclic amines) is 1. The molecule has 1 aliphatic heterocycles. The number of hydrogen-bond donors (Lipinski definition) is 1. The van der Waals surface area contributed by atoms with Crippen LogP contribution in [0.15, 0.2) is 0 Å². The van der Waals surface area contributed by atoms with E-state index in [9.17, 15) is 9.59 Å². The molecule has 5 nitrogen and oxygen atoms in total. The van der Waals surface area contributed by atoms with Gasteiger partial charge in [-0.3, -0.25) is 14.9 Å². The maximum Gasteiger partial charge on any atom is 0.323 e. The van der Waals surface area contributed by atoms with Crippen LogP contribution in [0.4, 0.5) is 0 Å². The lowest BCUT2D eigenvalue weighted by Crippen LogP contribution is -2.47. The fourth-order valence-electron chi connectivity index (χ4n) is 2.35. The van der Waals surface area contributed by atoms with Crippen LogP contribution >= 0.6 is 0 Å². The van der Waals surface area contributed by atoms with E-state index in [0.29, 0.717) is 0 Å². The third-order valence-electron chi connectivity index (χ3n) is 3.55. The van der Waals surface area contributed by atoms with E-state index in [1.54, 1.807) is 0 Å². The average molecular weight is 270 g/mol. The zero-order chi connectivity index (χ0) is 14.3. The maximum atomic E-state index is 12.1. The second-order valence-electron chi connectivity index (χ2n) is 5.42. The zero-order valence-electron chi connectivity index (χ0n) is 12.3. The molecule has 110 valence electrons. The van der Waals surface area contributed by atoms with E-state index in [4.69, 9.17) is 4.74 Å². The van der Waals surface area contributed by atoms with Crippen molar-refractivity contribution in [2.45, 2.75) is 45.6 Å². The average Bonchev–Trinajstić information content (AvgIpc) is 2.66. The lowest BCUT2D eigenvalue weighted by atomic mass is 10.0. The molecule has 0 saturated carbocycles. The molecule has 1 unspecified atom stereocenters. The number of hydrogen-bond acceptors (Lipinski definition) is 4. The molecule has 0 aromatic carbocycles. The molecule has 1 fully saturated rings. The molecule has 5 heteroatoms. The summed E-state index contributed by atoms with van der Waals surface area (Å²) in [6.07, 6.45) is 4.56. The minimum atomic E-state index is -0.416. The highest BCUT2D eigenvalue weighted by atomic mass is 16.5. The van der Waals surface area contributed by atoms with Crippen molar-refractivity contribution in [3.8, 4) is 0 Å². The molecule has 0 radical (unpaired) electrons. The standard InChI is InChI=1S/C14H26N2O3/c1-11(2)13(14(18)19-3)15-10-12(17)16-8-6-4-5-7-9-16/h11,13,15H,4-10H2,1-3H3. The highest BCUT2D eigenvalue weighted by Gasteiger charge is 2.24. The number of carbonyl (C=O) groups excluding carboxylic acids is 2. The van der Waals surface area contributed by atoms with Gasteiger partial charge < -0.3 is 9.64 Å². The number of nitrogens with zero attached hydrogens (tertiary/aromatic N) is 1. The number of nitrogens with one attached hydrogen (secondary N) is 1. The first-order chi connectivity index (χ1) is 9.06. The molecule has 1 atom stereocenters. The summed E-state index contributed by atoms with van der Waals surface area (Å²) < 4.78 is 4.75. The second kappa shape index (κ2) is 8.15. The van der Waals surface area contributed by atoms with Gasteiger partial charge in [-0.2, -0.15) is 0 Å². The van der Waals surface area contributed by atoms with Crippen LogP contribution in [0.5, 0.6) is 0 Å². The Morgan fingerprint density at radius 2 is 1.74 bits per heavy atom. The molecule has 0 aromatic heterocycles. The molecule has 0 aliphatic carbocycles. The topological polar surface area (TPSA) is 58.6 Å². The van der Waals surface area contributed by atoms with Crippen LogP contribution in [0.25, 0.3) is 0 Å². The Hall–Kier alpha value is -1.10. The largest absolute Gasteiger partial charge is 0.468 e. The Kier molecular flexibility index (Phi) is 6.84. The molecule has 1 amide bonds. The molecule has 1 saturated heterocycles. The lowest BCUT2D eigenvalue weighted by Gasteiger charge is -2.24. The number of amides is 1. The minimum Gasteiger partial charge on any atom is -0.468 e. The van der Waals surface area contributed by atoms with Gasteiger partial charge in [-0.05, 0) is 18.8 Å². The second-order valence-corrected chi connectivity index (χ2v) is 5.42. The van der Waals surface area contributed by atoms with Gasteiger partial charge in [-0.15, -0.1) is 0 Å². The molecule has 1 heterocycles. The fraction of sp³-hybridized carbons (Fsp3) is 0.857. The van der Waals surface area contributed by atoms with Crippen LogP contribution in [-0.4, -0.2) is 49.6 Å². The van der Waals surface area contributed by atoms with E-state index in [-0.39, 0.29) is 24.3 Å². The van der Waals surface area contributed by atoms with Crippen LogP contribution in [0, 0.1) is 5.92 Å². The van der Waals surface area contributed by atoms with Crippen LogP contribution < -0.4 is 5.32 Å². The third kappa shape index (κ3) is 5.19. The van der Waals surface area contributed by atoms with Crippen LogP contribution in [-0.2, 0) is 14.3 Å². The SMILES string of the molecule is COC(=O)C(NCC(=O)N1CCCCCC1)C(C)C. The first-order valence-electron chi connectivity index (χ1n) is 7.15. The molecule has 0 bridgehead atoms. The van der Waals surface area contributed by atoms with Crippen molar-refractivity contribution in [1.29, 1.82) is 0 Å². The van der Waals surface area contributed by atoms with Crippen LogP contribution in [0.3, 0.4) is 0 Å². The molecular formula is C14H26N2O3. The number of rotatable bonds is 5. The first kappa shape index (κ1) is 16.0. The van der Waals surface area contributed by atoms with Crippen molar-refractivity contribution >= 4 is 11.9 Å². The lowest BCUT2D eigenvalue weighted by molar-refractivity contribution is -0.144. The van der Waals surface area contributed by atoms with Crippen LogP contribution in [0.2, 0.25) is 0 Å². The predicted molar refractivity (Wildman–Crippen MR) is 73.7 cm³/mol. The van der Waals surface area contributed by atoms with Gasteiger partial charge in [0.05, 0.1) is 13.7 Å². The van der Waals surface area contributed by atoms with Crippen molar-refractivity contribution in [3.63, 3.8) is 0 Å². The van der Waals surface area contributed by atoms with E-state index >= 15 is 0 Å². The molecular weight excluding hydrogens is 244 g/mol. The summed E-state index contributed by atoms with van der Waals surface area (Å²) in [5, 5.41) is 3.02. The van der Waals surface area contributed by atoms with Gasteiger partial charge in [0.15, 0.2) is 0 Å². The Morgan fingerprint density at radius 1 is 1.16 bits per heavy atom. The van der Waals surface area contributed by atoms with Crippen molar-refractivity contribution in [3.05, 3.63) is 0 Å². The molecule has 0 aromatic rings. The Morgan fingerprint density at radius 3 is 2.21 bits per heavy atom. The summed E-state index contributed by atoms with van der Waals surface area (Å²) in [6.45, 7) is 5.75. The molecule has 1 aliphatic rings. The van der Waals surface area contributed by atoms with E-state index < -0.39 is 6.04 Å². The van der Waals surface area contributed by atoms with Gasteiger partial charge in [0, 0.05) is 13.1 Å². The number of methoxy groups -OCH3 is 1. The quantitative estimate of drug-likeness (QED) is 0.762. The van der Waals surface area contributed by atoms with Crippen molar-refractivity contribution < 1.29 is 14.3 Å². The highest BCUT2D eigenvalue weighted by molar-refractivity contribution is 5.80. The number of ether oxygens (including phenoxy) is 1. The van der Waals surface area contributed by atoms with Crippen molar-refractivity contribution in [1.82, 2.24) is 10.2 Å². The third-order valence-corrected chi connectivity index (χ3v) is 3.55. The van der Waals surface area contributed by atoms with E-state index in [1.807, 2.05) is 18.7 Å². The predicted octanol–water partition coefficient (Wildman–Crippen LogP) is 1.18. The summed E-state index contributed by atoms with van der Waals surface area (Å²) >= 11 is 0. The summed E-state index contributed by atoms with van der Waals surface area (Å²) in [5.74, 6) is -0.125. The van der Waals surface area contributed by atoms with Crippen molar-refractivity contribution in [2.24, 2.45) is 5.92 Å². The summed E-state index contributed by atoms with van der Waals surface area (Å²) in [4.78, 5) is 25.6. The number of carbonyl (C=O) groups is 2. The number of esters is 1. The first-order valence-corrected chi connectivity index (χ1v) is 7.15. The van der Waals surface area contributed by atoms with Gasteiger partial charge in [-0.25, -0.2) is 0 Å². The summed E-state index contributed by atoms with van der Waals surface area (Å²) in [5.41, 5.74) is 0. The van der Waals surface area contributed by atoms with Crippen LogP contribution in [0.1, 0.15) is 39.5 Å². The fourth-order valence-corrected chi connectivity index (χ4v) is 2.35. The Bertz CT molecular complexity index is 297. The summed E-state index contributed by atoms with van der Waals surface area (Å²) in [7, 11) is 1.37. The molecule has 1 rings (SSSR count). The van der Waals surface area contributed by atoms with Gasteiger partial charge >= 0.3 is 5.97 Å². The van der Waals surface area contributed by atoms with Gasteiger partial charge in [-0.1, -0.05) is 26.7 Å². The van der Waals surface area contributed by atoms with E-state index in [2.05, 4.69) is 5.32 Å². The summed E-state index contributed by atoms with van der Waals surface area (Å²) in [6, 6.07) is -0.416. The molecule has 1 N–H and O–H groups in total. The molecule has 19 heavy (non-hydrogen) atoms. The van der Waals surface area contributed by atoms with Gasteiger partial charge in [0.2, 0.25) is 5.91 Å². The Balaban J connectivity index is 2.44. The molecule has 0 spiro atoms. The van der Waals surface area contributed by atoms with E-state index in [0.717, 1.165) is 25.9 Å². The normalized spacial score (nSPS) is 18.0. The van der Waals surface area contributed by atoms with Crippen molar-refractivity contribution in [2.75, 3.05) is 26.7 Å². The van der Waals surface area contributed by atoms with Gasteiger partial charge in [0.25, 0.3) is 0 Å². The van der Waals surface area contributed by atoms with Gasteiger partial charge in [0.1, 0.15) is 6.04 Å². The highest BCUT2D eigenvalue weighted by Crippen LogP contribution is 2.10.